The average Bonchev–Trinajstić information content (AvgIpc) is 2.34. The molecule has 0 aliphatic rings. The molecular weight excluding hydrogens is 216 g/mol. The summed E-state index contributed by atoms with van der Waals surface area (Å²) in [6.45, 7) is 6.36. The summed E-state index contributed by atoms with van der Waals surface area (Å²) in [4.78, 5) is 11.7. The first-order valence-corrected chi connectivity index (χ1v) is 5.53. The maximum absolute atomic E-state index is 11.7. The highest BCUT2D eigenvalue weighted by Gasteiger charge is 2.05. The zero-order chi connectivity index (χ0) is 12.7. The van der Waals surface area contributed by atoms with Gasteiger partial charge in [0.15, 0.2) is 5.78 Å². The molecule has 1 aromatic rings. The van der Waals surface area contributed by atoms with Crippen molar-refractivity contribution in [3.05, 3.63) is 42.0 Å². The third kappa shape index (κ3) is 4.83. The first-order chi connectivity index (χ1) is 8.13. The van der Waals surface area contributed by atoms with Gasteiger partial charge in [-0.15, -0.1) is 6.58 Å². The fraction of sp³-hybridized carbons (Fsp3) is 0.357. The van der Waals surface area contributed by atoms with Crippen LogP contribution < -0.4 is 4.74 Å². The van der Waals surface area contributed by atoms with Crippen molar-refractivity contribution in [2.24, 2.45) is 0 Å². The van der Waals surface area contributed by atoms with Crippen LogP contribution in [0.25, 0.3) is 0 Å². The topological polar surface area (TPSA) is 35.5 Å². The summed E-state index contributed by atoms with van der Waals surface area (Å²) in [5, 5.41) is 0. The maximum Gasteiger partial charge on any atom is 0.188 e. The van der Waals surface area contributed by atoms with Gasteiger partial charge in [0.1, 0.15) is 12.4 Å². The van der Waals surface area contributed by atoms with E-state index in [0.29, 0.717) is 12.2 Å². The molecule has 0 saturated heterocycles. The number of carbonyl (C=O) groups is 1. The van der Waals surface area contributed by atoms with E-state index in [2.05, 4.69) is 6.58 Å². The van der Waals surface area contributed by atoms with E-state index in [1.54, 1.807) is 31.4 Å². The molecule has 3 heteroatoms. The van der Waals surface area contributed by atoms with Gasteiger partial charge in [-0.1, -0.05) is 5.57 Å². The van der Waals surface area contributed by atoms with Crippen molar-refractivity contribution in [3.63, 3.8) is 0 Å². The number of Topliss-reactive ketones (excluding diaryl/α,β-unsaturated/α-hetero) is 1. The van der Waals surface area contributed by atoms with Crippen LogP contribution in [0.5, 0.6) is 5.75 Å². The highest BCUT2D eigenvalue weighted by atomic mass is 16.5. The lowest BCUT2D eigenvalue weighted by Gasteiger charge is -2.04. The molecule has 3 nitrogen and oxygen atoms in total. The summed E-state index contributed by atoms with van der Waals surface area (Å²) in [6.07, 6.45) is 0.788. The summed E-state index contributed by atoms with van der Waals surface area (Å²) in [5.41, 5.74) is 1.70. The largest absolute Gasteiger partial charge is 0.497 e. The molecule has 0 heterocycles. The molecule has 0 radical (unpaired) electrons. The number of rotatable bonds is 7. The Balaban J connectivity index is 2.38. The number of benzene rings is 1. The van der Waals surface area contributed by atoms with Crippen LogP contribution in [0.1, 0.15) is 23.7 Å². The van der Waals surface area contributed by atoms with Crippen LogP contribution in [0.4, 0.5) is 0 Å². The van der Waals surface area contributed by atoms with E-state index in [-0.39, 0.29) is 12.4 Å². The maximum atomic E-state index is 11.7. The lowest BCUT2D eigenvalue weighted by atomic mass is 10.1. The molecule has 0 spiro atoms. The highest BCUT2D eigenvalue weighted by molar-refractivity contribution is 5.97. The smallest absolute Gasteiger partial charge is 0.188 e. The molecule has 0 aliphatic carbocycles. The van der Waals surface area contributed by atoms with Crippen LogP contribution in [-0.2, 0) is 4.74 Å². The summed E-state index contributed by atoms with van der Waals surface area (Å²) >= 11 is 0. The number of methoxy groups -OCH3 is 1. The molecule has 92 valence electrons. The van der Waals surface area contributed by atoms with E-state index >= 15 is 0 Å². The molecule has 0 unspecified atom stereocenters. The molecule has 0 fully saturated rings. The van der Waals surface area contributed by atoms with E-state index < -0.39 is 0 Å². The Morgan fingerprint density at radius 2 is 1.94 bits per heavy atom. The van der Waals surface area contributed by atoms with Crippen LogP contribution >= 0.6 is 0 Å². The molecule has 0 saturated carbocycles. The predicted octanol–water partition coefficient (Wildman–Crippen LogP) is 2.86. The third-order valence-corrected chi connectivity index (χ3v) is 2.32. The first-order valence-electron chi connectivity index (χ1n) is 5.53. The summed E-state index contributed by atoms with van der Waals surface area (Å²) in [7, 11) is 1.59. The lowest BCUT2D eigenvalue weighted by molar-refractivity contribution is 0.0765. The minimum atomic E-state index is -0.0191. The van der Waals surface area contributed by atoms with Crippen LogP contribution in [0, 0.1) is 0 Å². The Labute approximate surface area is 102 Å². The molecule has 1 aromatic carbocycles. The Kier molecular flexibility index (Phi) is 5.43. The van der Waals surface area contributed by atoms with E-state index in [4.69, 9.17) is 9.47 Å². The van der Waals surface area contributed by atoms with Crippen LogP contribution in [0.15, 0.2) is 36.4 Å². The van der Waals surface area contributed by atoms with Crippen LogP contribution in [-0.4, -0.2) is 26.1 Å². The van der Waals surface area contributed by atoms with Gasteiger partial charge in [0.25, 0.3) is 0 Å². The Morgan fingerprint density at radius 1 is 1.29 bits per heavy atom. The average molecular weight is 234 g/mol. The zero-order valence-corrected chi connectivity index (χ0v) is 10.4. The van der Waals surface area contributed by atoms with Gasteiger partial charge in [0.05, 0.1) is 13.7 Å². The van der Waals surface area contributed by atoms with E-state index in [1.807, 2.05) is 6.92 Å². The Bertz CT molecular complexity index is 379. The van der Waals surface area contributed by atoms with Gasteiger partial charge in [0.2, 0.25) is 0 Å². The normalized spacial score (nSPS) is 10.0. The number of hydrogen-bond donors (Lipinski definition) is 0. The molecular formula is C14H18O3. The number of ketones is 1. The first kappa shape index (κ1) is 13.5. The Hall–Kier alpha value is -1.61. The van der Waals surface area contributed by atoms with Crippen LogP contribution in [0.2, 0.25) is 0 Å². The highest BCUT2D eigenvalue weighted by Crippen LogP contribution is 2.11. The quantitative estimate of drug-likeness (QED) is 0.413. The van der Waals surface area contributed by atoms with Crippen molar-refractivity contribution in [2.45, 2.75) is 13.3 Å². The van der Waals surface area contributed by atoms with Crippen molar-refractivity contribution < 1.29 is 14.3 Å². The summed E-state index contributed by atoms with van der Waals surface area (Å²) < 4.78 is 10.3. The van der Waals surface area contributed by atoms with Gasteiger partial charge in [-0.25, -0.2) is 0 Å². The number of carbonyl (C=O) groups excluding carboxylic acids is 1. The second-order valence-electron chi connectivity index (χ2n) is 3.91. The molecule has 0 N–H and O–H groups in total. The fourth-order valence-electron chi connectivity index (χ4n) is 1.27. The summed E-state index contributed by atoms with van der Waals surface area (Å²) in [5.74, 6) is 0.721. The molecule has 0 bridgehead atoms. The van der Waals surface area contributed by atoms with Gasteiger partial charge in [0, 0.05) is 5.56 Å². The number of ether oxygens (including phenoxy) is 2. The van der Waals surface area contributed by atoms with E-state index in [1.165, 1.54) is 0 Å². The van der Waals surface area contributed by atoms with Crippen molar-refractivity contribution in [1.82, 2.24) is 0 Å². The van der Waals surface area contributed by atoms with Crippen molar-refractivity contribution in [2.75, 3.05) is 20.3 Å². The monoisotopic (exact) mass is 234 g/mol. The second kappa shape index (κ2) is 6.86. The zero-order valence-electron chi connectivity index (χ0n) is 10.4. The molecule has 0 aliphatic heterocycles. The molecule has 17 heavy (non-hydrogen) atoms. The van der Waals surface area contributed by atoms with Crippen LogP contribution in [0.3, 0.4) is 0 Å². The van der Waals surface area contributed by atoms with Crippen molar-refractivity contribution >= 4 is 5.78 Å². The van der Waals surface area contributed by atoms with Gasteiger partial charge in [-0.05, 0) is 37.6 Å². The van der Waals surface area contributed by atoms with Crippen molar-refractivity contribution in [3.8, 4) is 5.75 Å². The van der Waals surface area contributed by atoms with Gasteiger partial charge in [-0.3, -0.25) is 4.79 Å². The SMILES string of the molecule is C=C(C)CCOCC(=O)c1ccc(OC)cc1. The van der Waals surface area contributed by atoms with Gasteiger partial charge >= 0.3 is 0 Å². The molecule has 0 amide bonds. The molecule has 0 atom stereocenters. The molecule has 1 rings (SSSR count). The van der Waals surface area contributed by atoms with E-state index in [9.17, 15) is 4.79 Å². The Morgan fingerprint density at radius 3 is 2.47 bits per heavy atom. The van der Waals surface area contributed by atoms with Gasteiger partial charge in [-0.2, -0.15) is 0 Å². The van der Waals surface area contributed by atoms with Gasteiger partial charge < -0.3 is 9.47 Å². The number of hydrogen-bond acceptors (Lipinski definition) is 3. The predicted molar refractivity (Wildman–Crippen MR) is 67.6 cm³/mol. The standard InChI is InChI=1S/C14H18O3/c1-11(2)8-9-17-10-14(15)12-4-6-13(16-3)7-5-12/h4-7H,1,8-10H2,2-3H3. The minimum Gasteiger partial charge on any atom is -0.497 e. The fourth-order valence-corrected chi connectivity index (χ4v) is 1.27. The van der Waals surface area contributed by atoms with Crippen molar-refractivity contribution in [1.29, 1.82) is 0 Å². The minimum absolute atomic E-state index is 0.0191. The molecule has 0 aromatic heterocycles. The third-order valence-electron chi connectivity index (χ3n) is 2.32. The summed E-state index contributed by atoms with van der Waals surface area (Å²) in [6, 6.07) is 7.01. The lowest BCUT2D eigenvalue weighted by Crippen LogP contribution is -2.09. The second-order valence-corrected chi connectivity index (χ2v) is 3.91. The van der Waals surface area contributed by atoms with E-state index in [0.717, 1.165) is 17.7 Å².